The molecule has 0 bridgehead atoms. The van der Waals surface area contributed by atoms with Crippen LogP contribution in [0.25, 0.3) is 0 Å². The van der Waals surface area contributed by atoms with E-state index in [1.807, 2.05) is 11.9 Å². The van der Waals surface area contributed by atoms with Crippen molar-refractivity contribution < 1.29 is 28.6 Å². The predicted molar refractivity (Wildman–Crippen MR) is 214 cm³/mol. The van der Waals surface area contributed by atoms with Crippen LogP contribution in [0.2, 0.25) is 0 Å². The molecule has 4 saturated heterocycles. The van der Waals surface area contributed by atoms with Gasteiger partial charge in [-0.2, -0.15) is 0 Å². The van der Waals surface area contributed by atoms with E-state index < -0.39 is 0 Å². The summed E-state index contributed by atoms with van der Waals surface area (Å²) in [4.78, 5) is 43.3. The van der Waals surface area contributed by atoms with E-state index in [9.17, 15) is 14.4 Å². The Kier molecular flexibility index (Phi) is 36.1. The average Bonchev–Trinajstić information content (AvgIpc) is 3.16. The van der Waals surface area contributed by atoms with Gasteiger partial charge in [0.05, 0.1) is 26.4 Å². The van der Waals surface area contributed by atoms with Gasteiger partial charge in [-0.05, 0) is 65.7 Å². The Labute approximate surface area is 318 Å². The number of piperidine rings is 1. The summed E-state index contributed by atoms with van der Waals surface area (Å²) in [6.45, 7) is 35.1. The van der Waals surface area contributed by atoms with Crippen LogP contribution in [-0.4, -0.2) is 206 Å². The maximum Gasteiger partial charge on any atom is 0.231 e. The number of hydrogen-bond donors (Lipinski definition) is 2. The summed E-state index contributed by atoms with van der Waals surface area (Å²) in [5, 5.41) is 4.90. The number of likely N-dealkylation sites (tertiary alicyclic amines) is 1. The fourth-order valence-corrected chi connectivity index (χ4v) is 5.23. The third kappa shape index (κ3) is 32.6. The van der Waals surface area contributed by atoms with E-state index in [1.54, 1.807) is 28.1 Å². The summed E-state index contributed by atoms with van der Waals surface area (Å²) in [6, 6.07) is 0.420. The quantitative estimate of drug-likeness (QED) is 0.251. The molecule has 0 aromatic carbocycles. The van der Waals surface area contributed by atoms with Gasteiger partial charge in [0.1, 0.15) is 0 Å². The number of ether oxygens (including phenoxy) is 3. The molecule has 0 aromatic heterocycles. The predicted octanol–water partition coefficient (Wildman–Crippen LogP) is 1.91. The first-order chi connectivity index (χ1) is 24.9. The largest absolute Gasteiger partial charge is 0.382 e. The van der Waals surface area contributed by atoms with Crippen molar-refractivity contribution in [3.8, 4) is 0 Å². The second-order valence-corrected chi connectivity index (χ2v) is 13.2. The zero-order valence-corrected chi connectivity index (χ0v) is 35.1. The lowest BCUT2D eigenvalue weighted by Gasteiger charge is -2.33. The van der Waals surface area contributed by atoms with Gasteiger partial charge in [-0.15, -0.1) is 0 Å². The fourth-order valence-electron chi connectivity index (χ4n) is 5.23. The second-order valence-electron chi connectivity index (χ2n) is 13.2. The van der Waals surface area contributed by atoms with Crippen LogP contribution in [0.1, 0.15) is 60.8 Å². The normalized spacial score (nSPS) is 19.2. The fraction of sp³-hybridized carbons (Fsp3) is 0.868. The van der Waals surface area contributed by atoms with Crippen molar-refractivity contribution >= 4 is 17.6 Å². The zero-order chi connectivity index (χ0) is 39.6. The van der Waals surface area contributed by atoms with Gasteiger partial charge >= 0.3 is 0 Å². The van der Waals surface area contributed by atoms with Gasteiger partial charge in [0.25, 0.3) is 0 Å². The van der Waals surface area contributed by atoms with Gasteiger partial charge in [0.15, 0.2) is 5.78 Å². The number of allylic oxidation sites excluding steroid dienone is 1. The first kappa shape index (κ1) is 52.1. The first-order valence-electron chi connectivity index (χ1n) is 19.4. The van der Waals surface area contributed by atoms with Gasteiger partial charge in [0.2, 0.25) is 11.8 Å². The van der Waals surface area contributed by atoms with E-state index in [0.717, 1.165) is 78.4 Å². The maximum atomic E-state index is 10.7. The van der Waals surface area contributed by atoms with Gasteiger partial charge in [-0.25, -0.2) is 5.01 Å². The number of rotatable bonds is 10. The van der Waals surface area contributed by atoms with Gasteiger partial charge in [-0.3, -0.25) is 24.7 Å². The molecule has 4 rings (SSSR count). The van der Waals surface area contributed by atoms with Crippen molar-refractivity contribution in [2.45, 2.75) is 66.8 Å². The van der Waals surface area contributed by atoms with Crippen molar-refractivity contribution in [3.63, 3.8) is 0 Å². The molecule has 0 atom stereocenters. The molecule has 14 heteroatoms. The minimum absolute atomic E-state index is 0.0227. The monoisotopic (exact) mass is 745 g/mol. The third-order valence-corrected chi connectivity index (χ3v) is 8.92. The number of nitrogens with one attached hydrogen (secondary N) is 2. The van der Waals surface area contributed by atoms with Crippen molar-refractivity contribution in [2.24, 2.45) is 0 Å². The Balaban J connectivity index is 0. The number of hydrazine groups is 1. The molecule has 52 heavy (non-hydrogen) atoms. The highest BCUT2D eigenvalue weighted by Gasteiger charge is 2.17. The molecule has 308 valence electrons. The Morgan fingerprint density at radius 3 is 1.40 bits per heavy atom. The number of nitrogens with zero attached hydrogens (tertiary/aromatic N) is 6. The van der Waals surface area contributed by atoms with Crippen molar-refractivity contribution in [1.82, 2.24) is 40.3 Å². The Morgan fingerprint density at radius 1 is 0.673 bits per heavy atom. The van der Waals surface area contributed by atoms with Gasteiger partial charge in [0, 0.05) is 106 Å². The summed E-state index contributed by atoms with van der Waals surface area (Å²) in [5.74, 6) is 0.226. The molecular formula is C38H80N8O6. The van der Waals surface area contributed by atoms with Crippen molar-refractivity contribution in [1.29, 1.82) is 0 Å². The number of likely N-dealkylation sites (N-methyl/N-ethyl adjacent to an activating group) is 4. The first-order valence-corrected chi connectivity index (χ1v) is 19.4. The molecule has 0 unspecified atom stereocenters. The number of piperazine rings is 2. The van der Waals surface area contributed by atoms with E-state index in [1.165, 1.54) is 51.9 Å². The second kappa shape index (κ2) is 36.0. The van der Waals surface area contributed by atoms with Crippen LogP contribution < -0.4 is 10.7 Å². The number of carbonyl (C=O) groups is 3. The highest BCUT2D eigenvalue weighted by Crippen LogP contribution is 2.07. The van der Waals surface area contributed by atoms with Crippen LogP contribution >= 0.6 is 0 Å². The molecule has 0 radical (unpaired) electrons. The molecule has 0 saturated carbocycles. The van der Waals surface area contributed by atoms with Crippen LogP contribution in [0, 0.1) is 0 Å². The molecule has 4 aliphatic heterocycles. The van der Waals surface area contributed by atoms with E-state index in [4.69, 9.17) is 4.74 Å². The minimum atomic E-state index is 0.0227. The molecule has 0 aliphatic carbocycles. The Morgan fingerprint density at radius 2 is 1.10 bits per heavy atom. The lowest BCUT2D eigenvalue weighted by molar-refractivity contribution is -0.124. The maximum absolute atomic E-state index is 10.7. The molecule has 4 aliphatic rings. The van der Waals surface area contributed by atoms with Crippen molar-refractivity contribution in [3.05, 3.63) is 12.7 Å². The zero-order valence-electron chi connectivity index (χ0n) is 35.1. The standard InChI is InChI=1S/C8H16N2O.C8H18N2.C7H15N3O.C6H13NO.C5H8O.C4H10O2/c1-7(11)9-8-3-5-10(2)6-4-8;1-3-9-5-7-10(4-2)8-6-9;1-7(11)8-10-5-3-9(2)4-6-10;1-2-7-3-5-8-6-4-7;1-3-5(6)4-2;1-5-3-4-6-2/h8H,3-6H2,1-2H3,(H,9,11);3-8H2,1-2H3;3-6H2,1-2H3,(H,8,11);2-6H2,1H3;3H,1,4H2,2H3;3-4H2,1-2H3. The summed E-state index contributed by atoms with van der Waals surface area (Å²) in [5.41, 5.74) is 2.77. The number of amides is 2. The number of hydrogen-bond acceptors (Lipinski definition) is 12. The Bertz CT molecular complexity index is 806. The van der Waals surface area contributed by atoms with Gasteiger partial charge < -0.3 is 39.1 Å². The lowest BCUT2D eigenvalue weighted by atomic mass is 10.1. The molecular weight excluding hydrogens is 664 g/mol. The summed E-state index contributed by atoms with van der Waals surface area (Å²) in [7, 11) is 7.51. The molecule has 0 aromatic rings. The smallest absolute Gasteiger partial charge is 0.231 e. The van der Waals surface area contributed by atoms with Crippen LogP contribution in [0.3, 0.4) is 0 Å². The van der Waals surface area contributed by atoms with Crippen LogP contribution in [-0.2, 0) is 28.6 Å². The van der Waals surface area contributed by atoms with Crippen molar-refractivity contribution in [2.75, 3.05) is 153 Å². The lowest BCUT2D eigenvalue weighted by Crippen LogP contribution is -2.52. The number of methoxy groups -OCH3 is 2. The highest BCUT2D eigenvalue weighted by atomic mass is 16.5. The van der Waals surface area contributed by atoms with E-state index in [-0.39, 0.29) is 17.6 Å². The van der Waals surface area contributed by atoms with E-state index in [0.29, 0.717) is 25.7 Å². The molecule has 4 fully saturated rings. The molecule has 2 N–H and O–H groups in total. The average molecular weight is 745 g/mol. The topological polar surface area (TPSA) is 122 Å². The van der Waals surface area contributed by atoms with E-state index >= 15 is 0 Å². The summed E-state index contributed by atoms with van der Waals surface area (Å²) in [6.07, 6.45) is 4.09. The number of carbonyl (C=O) groups excluding carboxylic acids is 3. The van der Waals surface area contributed by atoms with Crippen LogP contribution in [0.4, 0.5) is 0 Å². The SMILES string of the molecule is C=CC(=O)CC.CC(=O)NC1CCN(C)CC1.CC(=O)NN1CCN(C)CC1.CCN1CCN(CC)CC1.CCN1CCOCC1.COCCOC. The van der Waals surface area contributed by atoms with Crippen LogP contribution in [0.5, 0.6) is 0 Å². The van der Waals surface area contributed by atoms with Crippen LogP contribution in [0.15, 0.2) is 12.7 Å². The Hall–Kier alpha value is -2.01. The minimum Gasteiger partial charge on any atom is -0.382 e. The summed E-state index contributed by atoms with van der Waals surface area (Å²) >= 11 is 0. The molecule has 0 spiro atoms. The third-order valence-electron chi connectivity index (χ3n) is 8.92. The summed E-state index contributed by atoms with van der Waals surface area (Å²) < 4.78 is 14.5. The number of ketones is 1. The van der Waals surface area contributed by atoms with Gasteiger partial charge in [-0.1, -0.05) is 34.3 Å². The molecule has 2 amide bonds. The highest BCUT2D eigenvalue weighted by molar-refractivity contribution is 5.88. The van der Waals surface area contributed by atoms with E-state index in [2.05, 4.69) is 86.2 Å². The molecule has 14 nitrogen and oxygen atoms in total. The number of morpholine rings is 1. The molecule has 4 heterocycles.